The van der Waals surface area contributed by atoms with Crippen molar-refractivity contribution in [1.82, 2.24) is 0 Å². The Bertz CT molecular complexity index is 718. The number of ether oxygens (including phenoxy) is 1. The third-order valence-corrected chi connectivity index (χ3v) is 3.74. The summed E-state index contributed by atoms with van der Waals surface area (Å²) in [6, 6.07) is 9.53. The second-order valence-electron chi connectivity index (χ2n) is 5.27. The van der Waals surface area contributed by atoms with Gasteiger partial charge in [-0.15, -0.1) is 0 Å². The van der Waals surface area contributed by atoms with Crippen molar-refractivity contribution < 1.29 is 19.7 Å². The minimum absolute atomic E-state index is 0.168. The molecule has 0 fully saturated rings. The van der Waals surface area contributed by atoms with Crippen LogP contribution in [0.4, 0.5) is 5.69 Å². The highest BCUT2D eigenvalue weighted by atomic mass is 35.5. The highest BCUT2D eigenvalue weighted by Crippen LogP contribution is 2.28. The van der Waals surface area contributed by atoms with Crippen molar-refractivity contribution in [3.05, 3.63) is 47.0 Å². The average Bonchev–Trinajstić information content (AvgIpc) is 2.51. The van der Waals surface area contributed by atoms with Gasteiger partial charge in [0.2, 0.25) is 5.91 Å². The molecule has 0 saturated heterocycles. The molecule has 0 heterocycles. The molecule has 0 radical (unpaired) electrons. The largest absolute Gasteiger partial charge is 0.504 e. The highest BCUT2D eigenvalue weighted by molar-refractivity contribution is 6.32. The summed E-state index contributed by atoms with van der Waals surface area (Å²) in [6.45, 7) is 1.78. The maximum Gasteiger partial charge on any atom is 0.227 e. The van der Waals surface area contributed by atoms with E-state index in [1.165, 1.54) is 19.2 Å². The second-order valence-corrected chi connectivity index (χ2v) is 5.67. The number of nitrogens with one attached hydrogen (secondary N) is 1. The monoisotopic (exact) mass is 335 g/mol. The van der Waals surface area contributed by atoms with Crippen LogP contribution in [0.1, 0.15) is 12.5 Å². The molecule has 0 aliphatic heterocycles. The average molecular weight is 336 g/mol. The molecule has 122 valence electrons. The van der Waals surface area contributed by atoms with E-state index >= 15 is 0 Å². The van der Waals surface area contributed by atoms with Gasteiger partial charge in [0, 0.05) is 11.6 Å². The van der Waals surface area contributed by atoms with Crippen LogP contribution in [0.5, 0.6) is 17.2 Å². The van der Waals surface area contributed by atoms with Gasteiger partial charge in [-0.1, -0.05) is 24.6 Å². The van der Waals surface area contributed by atoms with E-state index in [1.54, 1.807) is 31.2 Å². The Labute approximate surface area is 139 Å². The zero-order valence-corrected chi connectivity index (χ0v) is 13.6. The number of benzene rings is 2. The van der Waals surface area contributed by atoms with Crippen LogP contribution in [-0.2, 0) is 11.2 Å². The van der Waals surface area contributed by atoms with E-state index in [1.807, 2.05) is 0 Å². The van der Waals surface area contributed by atoms with Crippen molar-refractivity contribution >= 4 is 23.2 Å². The molecule has 2 aromatic carbocycles. The van der Waals surface area contributed by atoms with Gasteiger partial charge in [0.25, 0.3) is 0 Å². The Morgan fingerprint density at radius 3 is 2.57 bits per heavy atom. The fourth-order valence-electron chi connectivity index (χ4n) is 2.15. The lowest BCUT2D eigenvalue weighted by Crippen LogP contribution is -2.22. The van der Waals surface area contributed by atoms with E-state index in [2.05, 4.69) is 5.32 Å². The first-order chi connectivity index (χ1) is 10.9. The number of hydrogen-bond donors (Lipinski definition) is 3. The fraction of sp³-hybridized carbons (Fsp3) is 0.235. The van der Waals surface area contributed by atoms with Crippen LogP contribution in [-0.4, -0.2) is 23.2 Å². The molecule has 1 atom stereocenters. The van der Waals surface area contributed by atoms with Gasteiger partial charge in [-0.05, 0) is 42.3 Å². The molecule has 0 aliphatic rings. The molecule has 2 rings (SSSR count). The van der Waals surface area contributed by atoms with E-state index in [9.17, 15) is 15.0 Å². The minimum Gasteiger partial charge on any atom is -0.504 e. The van der Waals surface area contributed by atoms with Crippen LogP contribution >= 0.6 is 11.6 Å². The van der Waals surface area contributed by atoms with Crippen LogP contribution in [0.3, 0.4) is 0 Å². The number of anilines is 1. The molecular weight excluding hydrogens is 318 g/mol. The Morgan fingerprint density at radius 1 is 1.22 bits per heavy atom. The summed E-state index contributed by atoms with van der Waals surface area (Å²) >= 11 is 6.03. The first-order valence-electron chi connectivity index (χ1n) is 7.06. The number of carbonyl (C=O) groups excluding carboxylic acids is 1. The third kappa shape index (κ3) is 4.29. The van der Waals surface area contributed by atoms with E-state index in [4.69, 9.17) is 16.3 Å². The number of methoxy groups -OCH3 is 1. The molecule has 5 nitrogen and oxygen atoms in total. The topological polar surface area (TPSA) is 78.8 Å². The van der Waals surface area contributed by atoms with Gasteiger partial charge in [0.15, 0.2) is 11.5 Å². The number of phenolic OH excluding ortho intramolecular Hbond substituents is 2. The lowest BCUT2D eigenvalue weighted by Gasteiger charge is -2.13. The van der Waals surface area contributed by atoms with E-state index in [-0.39, 0.29) is 23.3 Å². The number of halogens is 1. The molecule has 3 N–H and O–H groups in total. The standard InChI is InChI=1S/C17H18ClNO4/c1-10(7-11-3-5-14(20)15(21)8-11)17(22)19-12-4-6-16(23-2)13(18)9-12/h3-6,8-10,20-21H,7H2,1-2H3,(H,19,22). The Balaban J connectivity index is 2.02. The molecule has 0 spiro atoms. The smallest absolute Gasteiger partial charge is 0.227 e. The van der Waals surface area contributed by atoms with Gasteiger partial charge in [0.1, 0.15) is 5.75 Å². The molecule has 0 aliphatic carbocycles. The van der Waals surface area contributed by atoms with Crippen molar-refractivity contribution in [2.75, 3.05) is 12.4 Å². The zero-order chi connectivity index (χ0) is 17.0. The number of hydrogen-bond acceptors (Lipinski definition) is 4. The van der Waals surface area contributed by atoms with Gasteiger partial charge >= 0.3 is 0 Å². The normalized spacial score (nSPS) is 11.8. The summed E-state index contributed by atoms with van der Waals surface area (Å²) < 4.78 is 5.06. The van der Waals surface area contributed by atoms with Crippen LogP contribution < -0.4 is 10.1 Å². The number of aromatic hydroxyl groups is 2. The quantitative estimate of drug-likeness (QED) is 0.730. The molecule has 0 bridgehead atoms. The fourth-order valence-corrected chi connectivity index (χ4v) is 2.41. The summed E-state index contributed by atoms with van der Waals surface area (Å²) in [7, 11) is 1.52. The molecule has 1 amide bonds. The maximum absolute atomic E-state index is 12.2. The van der Waals surface area contributed by atoms with Crippen LogP contribution in [0, 0.1) is 5.92 Å². The van der Waals surface area contributed by atoms with Crippen molar-refractivity contribution in [2.24, 2.45) is 5.92 Å². The van der Waals surface area contributed by atoms with Gasteiger partial charge < -0.3 is 20.3 Å². The van der Waals surface area contributed by atoms with Gasteiger partial charge in [-0.3, -0.25) is 4.79 Å². The molecule has 6 heteroatoms. The number of phenols is 2. The SMILES string of the molecule is COc1ccc(NC(=O)C(C)Cc2ccc(O)c(O)c2)cc1Cl. The molecule has 0 aromatic heterocycles. The third-order valence-electron chi connectivity index (χ3n) is 3.45. The Kier molecular flexibility index (Phi) is 5.34. The van der Waals surface area contributed by atoms with Gasteiger partial charge in [-0.2, -0.15) is 0 Å². The van der Waals surface area contributed by atoms with Gasteiger partial charge in [-0.25, -0.2) is 0 Å². The second kappa shape index (κ2) is 7.24. The summed E-state index contributed by atoms with van der Waals surface area (Å²) in [6.07, 6.45) is 0.434. The van der Waals surface area contributed by atoms with Crippen molar-refractivity contribution in [3.63, 3.8) is 0 Å². The Morgan fingerprint density at radius 2 is 1.96 bits per heavy atom. The van der Waals surface area contributed by atoms with Crippen LogP contribution in [0.2, 0.25) is 5.02 Å². The lowest BCUT2D eigenvalue weighted by atomic mass is 10.00. The predicted molar refractivity (Wildman–Crippen MR) is 89.3 cm³/mol. The lowest BCUT2D eigenvalue weighted by molar-refractivity contribution is -0.119. The summed E-state index contributed by atoms with van der Waals surface area (Å²) in [4.78, 5) is 12.2. The van der Waals surface area contributed by atoms with E-state index in [0.717, 1.165) is 5.56 Å². The number of carbonyl (C=O) groups is 1. The zero-order valence-electron chi connectivity index (χ0n) is 12.8. The van der Waals surface area contributed by atoms with Crippen molar-refractivity contribution in [1.29, 1.82) is 0 Å². The molecule has 2 aromatic rings. The van der Waals surface area contributed by atoms with Gasteiger partial charge in [0.05, 0.1) is 12.1 Å². The summed E-state index contributed by atoms with van der Waals surface area (Å²) in [5.41, 5.74) is 1.34. The predicted octanol–water partition coefficient (Wildman–Crippen LogP) is 3.58. The molecule has 23 heavy (non-hydrogen) atoms. The number of rotatable bonds is 5. The minimum atomic E-state index is -0.320. The highest BCUT2D eigenvalue weighted by Gasteiger charge is 2.15. The summed E-state index contributed by atoms with van der Waals surface area (Å²) in [5, 5.41) is 22.0. The molecular formula is C17H18ClNO4. The van der Waals surface area contributed by atoms with Crippen molar-refractivity contribution in [3.8, 4) is 17.2 Å². The first-order valence-corrected chi connectivity index (χ1v) is 7.43. The Hall–Kier alpha value is -2.40. The van der Waals surface area contributed by atoms with E-state index in [0.29, 0.717) is 22.9 Å². The van der Waals surface area contributed by atoms with Crippen LogP contribution in [0.25, 0.3) is 0 Å². The molecule has 1 unspecified atom stereocenters. The van der Waals surface area contributed by atoms with Crippen molar-refractivity contribution in [2.45, 2.75) is 13.3 Å². The number of amides is 1. The van der Waals surface area contributed by atoms with Crippen LogP contribution in [0.15, 0.2) is 36.4 Å². The first kappa shape index (κ1) is 17.0. The maximum atomic E-state index is 12.2. The molecule has 0 saturated carbocycles. The summed E-state index contributed by atoms with van der Waals surface area (Å²) in [5.74, 6) is -0.327. The van der Waals surface area contributed by atoms with E-state index < -0.39 is 0 Å².